The van der Waals surface area contributed by atoms with Crippen molar-refractivity contribution in [2.24, 2.45) is 11.7 Å². The zero-order valence-electron chi connectivity index (χ0n) is 12.7. The number of carbonyl (C=O) groups excluding carboxylic acids is 1. The fourth-order valence-electron chi connectivity index (χ4n) is 3.06. The highest BCUT2D eigenvalue weighted by atomic mass is 16.5. The summed E-state index contributed by atoms with van der Waals surface area (Å²) in [5.74, 6) is 0.497. The average molecular weight is 270 g/mol. The molecule has 4 nitrogen and oxygen atoms in total. The topological polar surface area (TPSA) is 55.6 Å². The van der Waals surface area contributed by atoms with Crippen LogP contribution in [0.1, 0.15) is 52.4 Å². The Balaban J connectivity index is 2.67. The number of piperidine rings is 1. The molecule has 2 unspecified atom stereocenters. The summed E-state index contributed by atoms with van der Waals surface area (Å²) >= 11 is 0. The molecule has 1 heterocycles. The van der Waals surface area contributed by atoms with Crippen molar-refractivity contribution in [3.63, 3.8) is 0 Å². The van der Waals surface area contributed by atoms with E-state index in [4.69, 9.17) is 10.5 Å². The van der Waals surface area contributed by atoms with Gasteiger partial charge < -0.3 is 15.4 Å². The van der Waals surface area contributed by atoms with Gasteiger partial charge in [0, 0.05) is 32.2 Å². The van der Waals surface area contributed by atoms with E-state index in [-0.39, 0.29) is 18.1 Å². The van der Waals surface area contributed by atoms with Crippen molar-refractivity contribution in [3.8, 4) is 0 Å². The van der Waals surface area contributed by atoms with Gasteiger partial charge in [-0.3, -0.25) is 4.79 Å². The third kappa shape index (κ3) is 4.46. The second kappa shape index (κ2) is 8.54. The summed E-state index contributed by atoms with van der Waals surface area (Å²) in [5, 5.41) is 0. The monoisotopic (exact) mass is 270 g/mol. The number of carbonyl (C=O) groups is 1. The van der Waals surface area contributed by atoms with Gasteiger partial charge in [0.1, 0.15) is 0 Å². The van der Waals surface area contributed by atoms with E-state index < -0.39 is 0 Å². The van der Waals surface area contributed by atoms with E-state index in [0.717, 1.165) is 45.1 Å². The lowest BCUT2D eigenvalue weighted by atomic mass is 9.92. The minimum Gasteiger partial charge on any atom is -0.381 e. The molecule has 19 heavy (non-hydrogen) atoms. The van der Waals surface area contributed by atoms with E-state index in [1.165, 1.54) is 0 Å². The van der Waals surface area contributed by atoms with Gasteiger partial charge in [0.25, 0.3) is 0 Å². The molecule has 1 saturated heterocycles. The van der Waals surface area contributed by atoms with Crippen LogP contribution in [0.3, 0.4) is 0 Å². The minimum absolute atomic E-state index is 0.155. The van der Waals surface area contributed by atoms with E-state index in [0.29, 0.717) is 12.5 Å². The van der Waals surface area contributed by atoms with Gasteiger partial charge >= 0.3 is 0 Å². The van der Waals surface area contributed by atoms with Crippen LogP contribution in [0.15, 0.2) is 0 Å². The molecule has 1 rings (SSSR count). The number of likely N-dealkylation sites (tertiary alicyclic amines) is 1. The molecule has 1 aliphatic heterocycles. The van der Waals surface area contributed by atoms with Gasteiger partial charge in [0.15, 0.2) is 0 Å². The molecule has 0 radical (unpaired) electrons. The molecule has 4 heteroatoms. The Morgan fingerprint density at radius 1 is 1.37 bits per heavy atom. The van der Waals surface area contributed by atoms with Crippen LogP contribution in [-0.2, 0) is 9.53 Å². The number of nitrogens with two attached hydrogens (primary N) is 1. The van der Waals surface area contributed by atoms with Gasteiger partial charge in [0.05, 0.1) is 6.10 Å². The van der Waals surface area contributed by atoms with Crippen LogP contribution >= 0.6 is 0 Å². The summed E-state index contributed by atoms with van der Waals surface area (Å²) in [4.78, 5) is 14.7. The lowest BCUT2D eigenvalue weighted by Crippen LogP contribution is -2.52. The summed E-state index contributed by atoms with van der Waals surface area (Å²) in [6.45, 7) is 5.63. The van der Waals surface area contributed by atoms with Crippen LogP contribution in [0.4, 0.5) is 0 Å². The molecule has 112 valence electrons. The molecule has 0 aromatic carbocycles. The quantitative estimate of drug-likeness (QED) is 0.771. The molecule has 0 aromatic rings. The molecule has 0 aliphatic carbocycles. The smallest absolute Gasteiger partial charge is 0.225 e. The molecule has 1 amide bonds. The third-order valence-electron chi connectivity index (χ3n) is 4.18. The minimum atomic E-state index is 0.155. The van der Waals surface area contributed by atoms with E-state index in [1.807, 2.05) is 4.90 Å². The number of hydrogen-bond donors (Lipinski definition) is 1. The Morgan fingerprint density at radius 3 is 2.47 bits per heavy atom. The Morgan fingerprint density at radius 2 is 2.00 bits per heavy atom. The van der Waals surface area contributed by atoms with Gasteiger partial charge in [-0.05, 0) is 25.7 Å². The number of ether oxygens (including phenoxy) is 1. The third-order valence-corrected chi connectivity index (χ3v) is 4.18. The lowest BCUT2D eigenvalue weighted by Gasteiger charge is -2.40. The Bertz CT molecular complexity index is 265. The molecule has 0 aromatic heterocycles. The maximum Gasteiger partial charge on any atom is 0.225 e. The summed E-state index contributed by atoms with van der Waals surface area (Å²) in [6, 6.07) is 0.155. The highest BCUT2D eigenvalue weighted by Gasteiger charge is 2.33. The molecule has 2 N–H and O–H groups in total. The number of rotatable bonds is 7. The zero-order valence-corrected chi connectivity index (χ0v) is 12.7. The van der Waals surface area contributed by atoms with Crippen molar-refractivity contribution in [2.75, 3.05) is 20.2 Å². The van der Waals surface area contributed by atoms with Gasteiger partial charge in [-0.15, -0.1) is 0 Å². The molecule has 0 spiro atoms. The van der Waals surface area contributed by atoms with E-state index >= 15 is 0 Å². The summed E-state index contributed by atoms with van der Waals surface area (Å²) in [5.41, 5.74) is 5.85. The van der Waals surface area contributed by atoms with Crippen LogP contribution in [0.2, 0.25) is 0 Å². The zero-order chi connectivity index (χ0) is 14.3. The summed E-state index contributed by atoms with van der Waals surface area (Å²) < 4.78 is 5.41. The lowest BCUT2D eigenvalue weighted by molar-refractivity contribution is -0.141. The second-order valence-corrected chi connectivity index (χ2v) is 5.58. The first kappa shape index (κ1) is 16.4. The first-order valence-electron chi connectivity index (χ1n) is 7.71. The van der Waals surface area contributed by atoms with Crippen molar-refractivity contribution in [1.29, 1.82) is 0 Å². The van der Waals surface area contributed by atoms with E-state index in [2.05, 4.69) is 13.8 Å². The molecular weight excluding hydrogens is 240 g/mol. The van der Waals surface area contributed by atoms with Crippen molar-refractivity contribution in [1.82, 2.24) is 4.90 Å². The summed E-state index contributed by atoms with van der Waals surface area (Å²) in [6.07, 6.45) is 6.19. The molecule has 2 atom stereocenters. The predicted octanol–water partition coefficient (Wildman–Crippen LogP) is 2.17. The predicted molar refractivity (Wildman–Crippen MR) is 77.9 cm³/mol. The Kier molecular flexibility index (Phi) is 7.39. The second-order valence-electron chi connectivity index (χ2n) is 5.58. The van der Waals surface area contributed by atoms with Gasteiger partial charge in [-0.1, -0.05) is 26.7 Å². The Labute approximate surface area is 117 Å². The first-order chi connectivity index (χ1) is 9.17. The largest absolute Gasteiger partial charge is 0.381 e. The molecule has 1 aliphatic rings. The highest BCUT2D eigenvalue weighted by molar-refractivity contribution is 5.79. The van der Waals surface area contributed by atoms with Gasteiger partial charge in [0.2, 0.25) is 5.91 Å². The number of methoxy groups -OCH3 is 1. The van der Waals surface area contributed by atoms with Gasteiger partial charge in [-0.2, -0.15) is 0 Å². The number of hydrogen-bond acceptors (Lipinski definition) is 3. The SMILES string of the molecule is CCCC(CCC)C(=O)N1CCC(OC)CC1CN. The maximum atomic E-state index is 12.7. The normalized spacial score (nSPS) is 23.9. The van der Waals surface area contributed by atoms with E-state index in [9.17, 15) is 4.79 Å². The van der Waals surface area contributed by atoms with Crippen LogP contribution in [0.5, 0.6) is 0 Å². The molecular formula is C15H30N2O2. The van der Waals surface area contributed by atoms with Crippen molar-refractivity contribution < 1.29 is 9.53 Å². The summed E-state index contributed by atoms with van der Waals surface area (Å²) in [7, 11) is 1.74. The van der Waals surface area contributed by atoms with Crippen LogP contribution in [-0.4, -0.2) is 43.2 Å². The standard InChI is InChI=1S/C15H30N2O2/c1-4-6-12(7-5-2)15(18)17-9-8-14(19-3)10-13(17)11-16/h12-14H,4-11,16H2,1-3H3. The Hall–Kier alpha value is -0.610. The van der Waals surface area contributed by atoms with Gasteiger partial charge in [-0.25, -0.2) is 0 Å². The first-order valence-corrected chi connectivity index (χ1v) is 7.71. The van der Waals surface area contributed by atoms with Crippen molar-refractivity contribution in [3.05, 3.63) is 0 Å². The fraction of sp³-hybridized carbons (Fsp3) is 0.933. The van der Waals surface area contributed by atoms with Crippen LogP contribution < -0.4 is 5.73 Å². The molecule has 0 saturated carbocycles. The van der Waals surface area contributed by atoms with Crippen molar-refractivity contribution in [2.45, 2.75) is 64.5 Å². The van der Waals surface area contributed by atoms with E-state index in [1.54, 1.807) is 7.11 Å². The number of amides is 1. The highest BCUT2D eigenvalue weighted by Crippen LogP contribution is 2.24. The fourth-order valence-corrected chi connectivity index (χ4v) is 3.06. The molecule has 1 fully saturated rings. The average Bonchev–Trinajstić information content (AvgIpc) is 2.45. The molecule has 0 bridgehead atoms. The maximum absolute atomic E-state index is 12.7. The number of nitrogens with zero attached hydrogens (tertiary/aromatic N) is 1. The van der Waals surface area contributed by atoms with Crippen LogP contribution in [0.25, 0.3) is 0 Å². The van der Waals surface area contributed by atoms with Crippen molar-refractivity contribution >= 4 is 5.91 Å². The van der Waals surface area contributed by atoms with Crippen LogP contribution in [0, 0.1) is 5.92 Å².